The normalized spacial score (nSPS) is 10.3. The summed E-state index contributed by atoms with van der Waals surface area (Å²) in [5.41, 5.74) is 7.38. The van der Waals surface area contributed by atoms with Crippen LogP contribution in [0, 0.1) is 0 Å². The first-order chi connectivity index (χ1) is 7.22. The molecule has 0 saturated carbocycles. The molecular formula is C10H12N4O. The molecule has 0 fully saturated rings. The van der Waals surface area contributed by atoms with Crippen LogP contribution in [-0.4, -0.2) is 21.9 Å². The zero-order chi connectivity index (χ0) is 10.8. The van der Waals surface area contributed by atoms with Gasteiger partial charge in [0.25, 0.3) is 0 Å². The molecule has 2 aromatic rings. The van der Waals surface area contributed by atoms with E-state index in [0.717, 1.165) is 17.1 Å². The lowest BCUT2D eigenvalue weighted by Gasteiger charge is -2.06. The van der Waals surface area contributed by atoms with Crippen molar-refractivity contribution in [2.24, 2.45) is 7.05 Å². The lowest BCUT2D eigenvalue weighted by molar-refractivity contribution is 0.415. The van der Waals surface area contributed by atoms with Gasteiger partial charge in [0.2, 0.25) is 0 Å². The zero-order valence-electron chi connectivity index (χ0n) is 8.64. The van der Waals surface area contributed by atoms with Crippen LogP contribution in [0.5, 0.6) is 5.75 Å². The van der Waals surface area contributed by atoms with Gasteiger partial charge in [-0.1, -0.05) is 0 Å². The van der Waals surface area contributed by atoms with Crippen molar-refractivity contribution < 1.29 is 4.74 Å². The topological polar surface area (TPSA) is 66.0 Å². The molecule has 1 aromatic carbocycles. The van der Waals surface area contributed by atoms with Gasteiger partial charge in [-0.3, -0.25) is 0 Å². The molecule has 2 N–H and O–H groups in total. The van der Waals surface area contributed by atoms with Crippen LogP contribution in [-0.2, 0) is 7.05 Å². The molecule has 0 spiro atoms. The quantitative estimate of drug-likeness (QED) is 0.743. The number of ether oxygens (including phenoxy) is 1. The third-order valence-electron chi connectivity index (χ3n) is 2.21. The molecule has 0 atom stereocenters. The third kappa shape index (κ3) is 1.63. The first kappa shape index (κ1) is 9.51. The van der Waals surface area contributed by atoms with Gasteiger partial charge in [-0.25, -0.2) is 0 Å². The van der Waals surface area contributed by atoms with Crippen LogP contribution in [0.3, 0.4) is 0 Å². The number of benzene rings is 1. The number of hydrogen-bond acceptors (Lipinski definition) is 4. The summed E-state index contributed by atoms with van der Waals surface area (Å²) in [5.74, 6) is 1.48. The lowest BCUT2D eigenvalue weighted by atomic mass is 10.1. The van der Waals surface area contributed by atoms with E-state index in [2.05, 4.69) is 10.2 Å². The predicted molar refractivity (Wildman–Crippen MR) is 57.4 cm³/mol. The molecule has 78 valence electrons. The maximum absolute atomic E-state index is 5.90. The number of anilines is 1. The fourth-order valence-electron chi connectivity index (χ4n) is 1.40. The summed E-state index contributed by atoms with van der Waals surface area (Å²) in [6.45, 7) is 0. The molecule has 1 heterocycles. The number of aryl methyl sites for hydroxylation is 1. The van der Waals surface area contributed by atoms with Crippen molar-refractivity contribution in [1.29, 1.82) is 0 Å². The molecule has 0 amide bonds. The number of nitrogens with two attached hydrogens (primary N) is 1. The van der Waals surface area contributed by atoms with Crippen LogP contribution >= 0.6 is 0 Å². The van der Waals surface area contributed by atoms with Crippen LogP contribution in [0.4, 0.5) is 5.69 Å². The van der Waals surface area contributed by atoms with E-state index in [1.165, 1.54) is 0 Å². The minimum absolute atomic E-state index is 0.630. The fraction of sp³-hybridized carbons (Fsp3) is 0.200. The fourth-order valence-corrected chi connectivity index (χ4v) is 1.40. The van der Waals surface area contributed by atoms with Crippen molar-refractivity contribution in [1.82, 2.24) is 14.8 Å². The Morgan fingerprint density at radius 1 is 1.40 bits per heavy atom. The van der Waals surface area contributed by atoms with Gasteiger partial charge in [0.1, 0.15) is 12.1 Å². The number of methoxy groups -OCH3 is 1. The smallest absolute Gasteiger partial charge is 0.165 e. The molecular weight excluding hydrogens is 192 g/mol. The van der Waals surface area contributed by atoms with Crippen LogP contribution in [0.15, 0.2) is 24.5 Å². The second-order valence-corrected chi connectivity index (χ2v) is 3.22. The Hall–Kier alpha value is -2.04. The maximum Gasteiger partial charge on any atom is 0.165 e. The van der Waals surface area contributed by atoms with Gasteiger partial charge in [0.15, 0.2) is 5.82 Å². The van der Waals surface area contributed by atoms with Crippen molar-refractivity contribution >= 4 is 5.69 Å². The Labute approximate surface area is 87.5 Å². The highest BCUT2D eigenvalue weighted by atomic mass is 16.5. The van der Waals surface area contributed by atoms with Crippen LogP contribution in [0.25, 0.3) is 11.4 Å². The van der Waals surface area contributed by atoms with Crippen molar-refractivity contribution in [3.63, 3.8) is 0 Å². The average molecular weight is 204 g/mol. The SMILES string of the molecule is COc1ccc(-c2nncn2C)c(N)c1. The number of rotatable bonds is 2. The van der Waals surface area contributed by atoms with E-state index in [9.17, 15) is 0 Å². The molecule has 5 nitrogen and oxygen atoms in total. The predicted octanol–water partition coefficient (Wildman–Crippen LogP) is 1.07. The Balaban J connectivity index is 2.50. The van der Waals surface area contributed by atoms with Crippen LogP contribution in [0.1, 0.15) is 0 Å². The standard InChI is InChI=1S/C10H12N4O/c1-14-6-12-13-10(14)8-4-3-7(15-2)5-9(8)11/h3-6H,11H2,1-2H3. The van der Waals surface area contributed by atoms with Crippen LogP contribution in [0.2, 0.25) is 0 Å². The molecule has 0 bridgehead atoms. The van der Waals surface area contributed by atoms with E-state index in [4.69, 9.17) is 10.5 Å². The van der Waals surface area contributed by atoms with E-state index < -0.39 is 0 Å². The van der Waals surface area contributed by atoms with Crippen molar-refractivity contribution in [2.75, 3.05) is 12.8 Å². The first-order valence-electron chi connectivity index (χ1n) is 4.50. The third-order valence-corrected chi connectivity index (χ3v) is 2.21. The molecule has 0 radical (unpaired) electrons. The van der Waals surface area contributed by atoms with E-state index in [1.54, 1.807) is 19.5 Å². The molecule has 15 heavy (non-hydrogen) atoms. The number of hydrogen-bond donors (Lipinski definition) is 1. The van der Waals surface area contributed by atoms with Crippen LogP contribution < -0.4 is 10.5 Å². The monoisotopic (exact) mass is 204 g/mol. The van der Waals surface area contributed by atoms with E-state index in [-0.39, 0.29) is 0 Å². The Kier molecular flexibility index (Phi) is 2.29. The molecule has 0 aliphatic carbocycles. The van der Waals surface area contributed by atoms with Crippen molar-refractivity contribution in [3.05, 3.63) is 24.5 Å². The molecule has 0 unspecified atom stereocenters. The van der Waals surface area contributed by atoms with E-state index in [1.807, 2.05) is 23.7 Å². The molecule has 1 aromatic heterocycles. The maximum atomic E-state index is 5.90. The second kappa shape index (κ2) is 3.61. The van der Waals surface area contributed by atoms with Gasteiger partial charge in [0, 0.05) is 24.4 Å². The van der Waals surface area contributed by atoms with Gasteiger partial charge in [-0.05, 0) is 12.1 Å². The van der Waals surface area contributed by atoms with Crippen molar-refractivity contribution in [3.8, 4) is 17.1 Å². The summed E-state index contributed by atoms with van der Waals surface area (Å²) in [6, 6.07) is 5.49. The van der Waals surface area contributed by atoms with E-state index in [0.29, 0.717) is 5.69 Å². The van der Waals surface area contributed by atoms with Gasteiger partial charge in [-0.2, -0.15) is 0 Å². The molecule has 2 rings (SSSR count). The van der Waals surface area contributed by atoms with Crippen molar-refractivity contribution in [2.45, 2.75) is 0 Å². The zero-order valence-corrected chi connectivity index (χ0v) is 8.64. The summed E-state index contributed by atoms with van der Waals surface area (Å²) < 4.78 is 6.89. The number of nitrogens with zero attached hydrogens (tertiary/aromatic N) is 3. The molecule has 5 heteroatoms. The van der Waals surface area contributed by atoms with Gasteiger partial charge in [0.05, 0.1) is 7.11 Å². The number of nitrogen functional groups attached to an aromatic ring is 1. The summed E-state index contributed by atoms with van der Waals surface area (Å²) in [4.78, 5) is 0. The second-order valence-electron chi connectivity index (χ2n) is 3.22. The molecule has 0 aliphatic rings. The first-order valence-corrected chi connectivity index (χ1v) is 4.50. The number of aromatic nitrogens is 3. The minimum Gasteiger partial charge on any atom is -0.497 e. The van der Waals surface area contributed by atoms with Gasteiger partial charge < -0.3 is 15.0 Å². The average Bonchev–Trinajstić information content (AvgIpc) is 2.64. The summed E-state index contributed by atoms with van der Waals surface area (Å²) in [7, 11) is 3.48. The molecule has 0 aliphatic heterocycles. The highest BCUT2D eigenvalue weighted by Crippen LogP contribution is 2.27. The van der Waals surface area contributed by atoms with E-state index >= 15 is 0 Å². The highest BCUT2D eigenvalue weighted by molar-refractivity contribution is 5.72. The summed E-state index contributed by atoms with van der Waals surface area (Å²) >= 11 is 0. The summed E-state index contributed by atoms with van der Waals surface area (Å²) in [5, 5.41) is 7.80. The minimum atomic E-state index is 0.630. The Bertz CT molecular complexity index is 478. The van der Waals surface area contributed by atoms with Gasteiger partial charge in [-0.15, -0.1) is 10.2 Å². The summed E-state index contributed by atoms with van der Waals surface area (Å²) in [6.07, 6.45) is 1.64. The Morgan fingerprint density at radius 2 is 2.20 bits per heavy atom. The highest BCUT2D eigenvalue weighted by Gasteiger charge is 2.08. The largest absolute Gasteiger partial charge is 0.497 e. The van der Waals surface area contributed by atoms with Gasteiger partial charge >= 0.3 is 0 Å². The molecule has 0 saturated heterocycles. The lowest BCUT2D eigenvalue weighted by Crippen LogP contribution is -1.97. The Morgan fingerprint density at radius 3 is 2.73 bits per heavy atom.